The first-order chi connectivity index (χ1) is 13.6. The molecule has 0 saturated heterocycles. The second-order valence-electron chi connectivity index (χ2n) is 7.72. The van der Waals surface area contributed by atoms with Crippen LogP contribution in [0, 0.1) is 0 Å². The predicted octanol–water partition coefficient (Wildman–Crippen LogP) is 5.33. The summed E-state index contributed by atoms with van der Waals surface area (Å²) in [6.07, 6.45) is 21.9. The van der Waals surface area contributed by atoms with Crippen LogP contribution in [0.3, 0.4) is 0 Å². The molecule has 164 valence electrons. The van der Waals surface area contributed by atoms with Crippen molar-refractivity contribution in [2.24, 2.45) is 5.73 Å². The minimum atomic E-state index is -0.980. The first kappa shape index (κ1) is 26.6. The minimum Gasteiger partial charge on any atom is -0.480 e. The van der Waals surface area contributed by atoms with Gasteiger partial charge < -0.3 is 16.2 Å². The van der Waals surface area contributed by atoms with Gasteiger partial charge in [-0.3, -0.25) is 4.79 Å². The van der Waals surface area contributed by atoms with E-state index in [4.69, 9.17) is 10.8 Å². The number of allylic oxidation sites excluding steroid dienone is 2. The highest BCUT2D eigenvalue weighted by molar-refractivity contribution is 5.83. The summed E-state index contributed by atoms with van der Waals surface area (Å²) in [5.41, 5.74) is 5.40. The number of carboxylic acids is 1. The van der Waals surface area contributed by atoms with E-state index in [9.17, 15) is 9.59 Å². The van der Waals surface area contributed by atoms with Gasteiger partial charge in [-0.15, -0.1) is 0 Å². The fourth-order valence-corrected chi connectivity index (χ4v) is 3.20. The van der Waals surface area contributed by atoms with Crippen molar-refractivity contribution in [2.45, 2.75) is 116 Å². The summed E-state index contributed by atoms with van der Waals surface area (Å²) < 4.78 is 0. The Kier molecular flexibility index (Phi) is 19.4. The lowest BCUT2D eigenvalue weighted by Gasteiger charge is -2.13. The van der Waals surface area contributed by atoms with E-state index in [1.54, 1.807) is 0 Å². The van der Waals surface area contributed by atoms with Gasteiger partial charge in [-0.1, -0.05) is 70.4 Å². The Balaban J connectivity index is 3.47. The molecule has 4 N–H and O–H groups in total. The summed E-state index contributed by atoms with van der Waals surface area (Å²) >= 11 is 0. The third-order valence-corrected chi connectivity index (χ3v) is 5.00. The maximum atomic E-state index is 11.8. The molecular formula is C23H44N2O3. The fraction of sp³-hybridized carbons (Fsp3) is 0.826. The van der Waals surface area contributed by atoms with Gasteiger partial charge in [0.25, 0.3) is 0 Å². The van der Waals surface area contributed by atoms with Crippen LogP contribution in [0.2, 0.25) is 0 Å². The average Bonchev–Trinajstić information content (AvgIpc) is 2.67. The first-order valence-electron chi connectivity index (χ1n) is 11.5. The van der Waals surface area contributed by atoms with Crippen LogP contribution in [-0.4, -0.2) is 29.6 Å². The Morgan fingerprint density at radius 1 is 0.857 bits per heavy atom. The van der Waals surface area contributed by atoms with E-state index in [2.05, 4.69) is 24.4 Å². The van der Waals surface area contributed by atoms with Crippen molar-refractivity contribution >= 4 is 11.9 Å². The molecule has 0 aromatic carbocycles. The molecule has 0 saturated carbocycles. The van der Waals surface area contributed by atoms with E-state index in [1.165, 1.54) is 57.8 Å². The van der Waals surface area contributed by atoms with E-state index in [1.807, 2.05) is 0 Å². The highest BCUT2D eigenvalue weighted by atomic mass is 16.4. The number of hydrogen-bond acceptors (Lipinski definition) is 3. The zero-order chi connectivity index (χ0) is 20.9. The van der Waals surface area contributed by atoms with Crippen LogP contribution in [0.1, 0.15) is 110 Å². The van der Waals surface area contributed by atoms with Crippen LogP contribution in [0.25, 0.3) is 0 Å². The topological polar surface area (TPSA) is 92.4 Å². The Hall–Kier alpha value is -1.36. The minimum absolute atomic E-state index is 0.165. The van der Waals surface area contributed by atoms with Crippen LogP contribution in [-0.2, 0) is 9.59 Å². The molecule has 0 rings (SSSR count). The van der Waals surface area contributed by atoms with Crippen molar-refractivity contribution in [2.75, 3.05) is 6.54 Å². The van der Waals surface area contributed by atoms with Crippen molar-refractivity contribution in [3.63, 3.8) is 0 Å². The zero-order valence-electron chi connectivity index (χ0n) is 18.1. The number of carbonyl (C=O) groups excluding carboxylic acids is 1. The highest BCUT2D eigenvalue weighted by Crippen LogP contribution is 2.10. The van der Waals surface area contributed by atoms with Crippen LogP contribution in [0.15, 0.2) is 12.2 Å². The largest absolute Gasteiger partial charge is 0.480 e. The maximum absolute atomic E-state index is 11.8. The molecule has 0 aromatic heterocycles. The van der Waals surface area contributed by atoms with Gasteiger partial charge in [-0.05, 0) is 51.5 Å². The van der Waals surface area contributed by atoms with E-state index >= 15 is 0 Å². The SMILES string of the molecule is CCCCCCCC/C=C\CCCCCCCC(=O)N[C@@H](CCCN)C(=O)O. The number of amides is 1. The van der Waals surface area contributed by atoms with Crippen molar-refractivity contribution in [1.82, 2.24) is 5.32 Å². The molecule has 0 unspecified atom stereocenters. The highest BCUT2D eigenvalue weighted by Gasteiger charge is 2.18. The third-order valence-electron chi connectivity index (χ3n) is 5.00. The van der Waals surface area contributed by atoms with E-state index in [0.29, 0.717) is 25.8 Å². The lowest BCUT2D eigenvalue weighted by Crippen LogP contribution is -2.40. The third kappa shape index (κ3) is 18.0. The monoisotopic (exact) mass is 396 g/mol. The van der Waals surface area contributed by atoms with E-state index in [0.717, 1.165) is 25.7 Å². The average molecular weight is 397 g/mol. The van der Waals surface area contributed by atoms with Gasteiger partial charge in [0.15, 0.2) is 0 Å². The zero-order valence-corrected chi connectivity index (χ0v) is 18.1. The quantitative estimate of drug-likeness (QED) is 0.191. The second kappa shape index (κ2) is 20.4. The normalized spacial score (nSPS) is 12.4. The molecule has 0 fully saturated rings. The Morgan fingerprint density at radius 3 is 1.93 bits per heavy atom. The molecule has 0 aliphatic carbocycles. The Bertz CT molecular complexity index is 411. The van der Waals surface area contributed by atoms with Crippen molar-refractivity contribution in [3.05, 3.63) is 12.2 Å². The number of nitrogens with one attached hydrogen (secondary N) is 1. The summed E-state index contributed by atoms with van der Waals surface area (Å²) in [4.78, 5) is 22.9. The molecule has 0 aliphatic rings. The lowest BCUT2D eigenvalue weighted by atomic mass is 10.1. The van der Waals surface area contributed by atoms with Gasteiger partial charge in [-0.25, -0.2) is 4.79 Å². The fourth-order valence-electron chi connectivity index (χ4n) is 3.20. The molecule has 1 atom stereocenters. The van der Waals surface area contributed by atoms with E-state index < -0.39 is 12.0 Å². The summed E-state index contributed by atoms with van der Waals surface area (Å²) in [5.74, 6) is -1.15. The summed E-state index contributed by atoms with van der Waals surface area (Å²) in [5, 5.41) is 11.7. The summed E-state index contributed by atoms with van der Waals surface area (Å²) in [6.45, 7) is 2.69. The number of rotatable bonds is 20. The number of carbonyl (C=O) groups is 2. The Labute approximate surface area is 172 Å². The molecule has 1 amide bonds. The lowest BCUT2D eigenvalue weighted by molar-refractivity contribution is -0.142. The molecule has 28 heavy (non-hydrogen) atoms. The molecule has 0 heterocycles. The number of unbranched alkanes of at least 4 members (excludes halogenated alkanes) is 11. The van der Waals surface area contributed by atoms with Gasteiger partial charge in [0.1, 0.15) is 6.04 Å². The molecule has 5 nitrogen and oxygen atoms in total. The Morgan fingerprint density at radius 2 is 1.39 bits per heavy atom. The van der Waals surface area contributed by atoms with Gasteiger partial charge in [-0.2, -0.15) is 0 Å². The van der Waals surface area contributed by atoms with Crippen LogP contribution in [0.4, 0.5) is 0 Å². The predicted molar refractivity (Wildman–Crippen MR) is 117 cm³/mol. The van der Waals surface area contributed by atoms with Crippen molar-refractivity contribution in [3.8, 4) is 0 Å². The standard InChI is InChI=1S/C23H44N2O3/c1-2-3-4-5-6-7-8-9-10-11-12-13-14-15-16-19-22(26)25-21(23(27)28)18-17-20-24/h9-10,21H,2-8,11-20,24H2,1H3,(H,25,26)(H,27,28)/b10-9-/t21-/m0/s1. The maximum Gasteiger partial charge on any atom is 0.326 e. The molecule has 0 aromatic rings. The molecule has 0 spiro atoms. The van der Waals surface area contributed by atoms with Crippen LogP contribution in [0.5, 0.6) is 0 Å². The van der Waals surface area contributed by atoms with Gasteiger partial charge in [0.05, 0.1) is 0 Å². The summed E-state index contributed by atoms with van der Waals surface area (Å²) in [6, 6.07) is -0.806. The molecule has 0 aliphatic heterocycles. The van der Waals surface area contributed by atoms with Crippen LogP contribution < -0.4 is 11.1 Å². The van der Waals surface area contributed by atoms with Gasteiger partial charge in [0.2, 0.25) is 5.91 Å². The second-order valence-corrected chi connectivity index (χ2v) is 7.72. The number of carboxylic acid groups (broad SMARTS) is 1. The van der Waals surface area contributed by atoms with Crippen molar-refractivity contribution < 1.29 is 14.7 Å². The number of aliphatic carboxylic acids is 1. The number of nitrogens with two attached hydrogens (primary N) is 1. The van der Waals surface area contributed by atoms with Crippen LogP contribution >= 0.6 is 0 Å². The summed E-state index contributed by atoms with van der Waals surface area (Å²) in [7, 11) is 0. The van der Waals surface area contributed by atoms with E-state index in [-0.39, 0.29) is 5.91 Å². The van der Waals surface area contributed by atoms with Gasteiger partial charge in [0, 0.05) is 6.42 Å². The van der Waals surface area contributed by atoms with Crippen molar-refractivity contribution in [1.29, 1.82) is 0 Å². The molecule has 5 heteroatoms. The first-order valence-corrected chi connectivity index (χ1v) is 11.5. The smallest absolute Gasteiger partial charge is 0.326 e. The molecular weight excluding hydrogens is 352 g/mol. The molecule has 0 radical (unpaired) electrons. The number of hydrogen-bond donors (Lipinski definition) is 3. The molecule has 0 bridgehead atoms. The van der Waals surface area contributed by atoms with Gasteiger partial charge >= 0.3 is 5.97 Å².